The predicted octanol–water partition coefficient (Wildman–Crippen LogP) is 2.10. The number of fused-ring (bicyclic) bond motifs is 1. The van der Waals surface area contributed by atoms with E-state index in [9.17, 15) is 18.4 Å². The van der Waals surface area contributed by atoms with E-state index in [0.29, 0.717) is 12.4 Å². The summed E-state index contributed by atoms with van der Waals surface area (Å²) in [5.74, 6) is -1.69. The number of carbonyl (C=O) groups excluding carboxylic acids is 1. The number of hydrogen-bond acceptors (Lipinski definition) is 3. The van der Waals surface area contributed by atoms with E-state index in [1.807, 2.05) is 0 Å². The van der Waals surface area contributed by atoms with Gasteiger partial charge >= 0.3 is 5.69 Å². The molecule has 0 atom stereocenters. The van der Waals surface area contributed by atoms with Gasteiger partial charge in [0, 0.05) is 31.3 Å². The average Bonchev–Trinajstić information content (AvgIpc) is 2.76. The smallest absolute Gasteiger partial charge is 0.311 e. The minimum absolute atomic E-state index is 0.230. The van der Waals surface area contributed by atoms with Crippen LogP contribution in [0.3, 0.4) is 0 Å². The van der Waals surface area contributed by atoms with E-state index in [2.05, 4.69) is 5.10 Å². The molecule has 0 saturated heterocycles. The van der Waals surface area contributed by atoms with E-state index in [1.165, 1.54) is 11.0 Å². The molecule has 134 valence electrons. The molecule has 0 N–H and O–H groups in total. The number of aromatic nitrogens is 3. The Morgan fingerprint density at radius 1 is 1.24 bits per heavy atom. The molecule has 1 aromatic carbocycles. The summed E-state index contributed by atoms with van der Waals surface area (Å²) < 4.78 is 29.3. The van der Waals surface area contributed by atoms with Crippen molar-refractivity contribution >= 4 is 11.6 Å². The Morgan fingerprint density at radius 3 is 2.76 bits per heavy atom. The Hall–Kier alpha value is -2.51. The van der Waals surface area contributed by atoms with Gasteiger partial charge in [0.1, 0.15) is 12.4 Å². The molecule has 3 rings (SSSR count). The number of halogens is 2. The van der Waals surface area contributed by atoms with E-state index >= 15 is 0 Å². The third-order valence-corrected chi connectivity index (χ3v) is 4.40. The van der Waals surface area contributed by atoms with E-state index < -0.39 is 17.5 Å². The Labute approximate surface area is 143 Å². The molecule has 0 bridgehead atoms. The number of aryl methyl sites for hydroxylation is 1. The van der Waals surface area contributed by atoms with Gasteiger partial charge in [0.15, 0.2) is 11.6 Å². The molecule has 0 aliphatic carbocycles. The van der Waals surface area contributed by atoms with Crippen LogP contribution in [0.25, 0.3) is 0 Å². The lowest BCUT2D eigenvalue weighted by atomic mass is 10.2. The van der Waals surface area contributed by atoms with Gasteiger partial charge in [0.2, 0.25) is 5.91 Å². The molecule has 1 aliphatic heterocycles. The van der Waals surface area contributed by atoms with Gasteiger partial charge in [-0.25, -0.2) is 18.3 Å². The third kappa shape index (κ3) is 3.47. The highest BCUT2D eigenvalue weighted by Gasteiger charge is 2.21. The van der Waals surface area contributed by atoms with Crippen molar-refractivity contribution in [1.29, 1.82) is 0 Å². The summed E-state index contributed by atoms with van der Waals surface area (Å²) >= 11 is 0. The number of benzene rings is 1. The summed E-state index contributed by atoms with van der Waals surface area (Å²) in [6, 6.07) is 3.29. The third-order valence-electron chi connectivity index (χ3n) is 4.40. The second-order valence-corrected chi connectivity index (χ2v) is 6.06. The average molecular weight is 350 g/mol. The normalized spacial score (nSPS) is 14.0. The van der Waals surface area contributed by atoms with Gasteiger partial charge in [-0.3, -0.25) is 9.36 Å². The number of anilines is 1. The van der Waals surface area contributed by atoms with Crippen LogP contribution in [0.4, 0.5) is 14.5 Å². The van der Waals surface area contributed by atoms with Crippen molar-refractivity contribution in [2.75, 3.05) is 11.4 Å². The summed E-state index contributed by atoms with van der Waals surface area (Å²) in [4.78, 5) is 26.3. The van der Waals surface area contributed by atoms with Crippen LogP contribution < -0.4 is 10.6 Å². The first-order valence-corrected chi connectivity index (χ1v) is 8.43. The second kappa shape index (κ2) is 7.16. The quantitative estimate of drug-likeness (QED) is 0.848. The molecule has 2 heterocycles. The van der Waals surface area contributed by atoms with Gasteiger partial charge in [-0.15, -0.1) is 0 Å². The molecule has 1 aromatic heterocycles. The molecule has 0 unspecified atom stereocenters. The molecule has 0 spiro atoms. The van der Waals surface area contributed by atoms with E-state index in [4.69, 9.17) is 0 Å². The van der Waals surface area contributed by atoms with Crippen LogP contribution in [0.15, 0.2) is 23.0 Å². The zero-order valence-electron chi connectivity index (χ0n) is 14.0. The Morgan fingerprint density at radius 2 is 2.04 bits per heavy atom. The first-order chi connectivity index (χ1) is 12.0. The first-order valence-electron chi connectivity index (χ1n) is 8.43. The second-order valence-electron chi connectivity index (χ2n) is 6.06. The number of rotatable bonds is 4. The van der Waals surface area contributed by atoms with E-state index in [-0.39, 0.29) is 24.5 Å². The molecular weight excluding hydrogens is 330 g/mol. The van der Waals surface area contributed by atoms with Gasteiger partial charge in [-0.1, -0.05) is 6.42 Å². The molecule has 25 heavy (non-hydrogen) atoms. The highest BCUT2D eigenvalue weighted by molar-refractivity contribution is 5.93. The Bertz CT molecular complexity index is 844. The van der Waals surface area contributed by atoms with Gasteiger partial charge in [0.25, 0.3) is 0 Å². The van der Waals surface area contributed by atoms with Crippen LogP contribution in [0.2, 0.25) is 0 Å². The molecule has 0 fully saturated rings. The fourth-order valence-corrected chi connectivity index (χ4v) is 3.10. The predicted molar refractivity (Wildman–Crippen MR) is 88.4 cm³/mol. The Balaban J connectivity index is 1.83. The summed E-state index contributed by atoms with van der Waals surface area (Å²) in [6.45, 7) is 2.38. The molecule has 2 aromatic rings. The van der Waals surface area contributed by atoms with Crippen LogP contribution in [-0.4, -0.2) is 26.8 Å². The summed E-state index contributed by atoms with van der Waals surface area (Å²) in [7, 11) is 0. The molecule has 1 amide bonds. The number of likely N-dealkylation sites (N-methyl/N-ethyl adjacent to an activating group) is 1. The summed E-state index contributed by atoms with van der Waals surface area (Å²) in [5.41, 5.74) is -0.0492. The van der Waals surface area contributed by atoms with Crippen molar-refractivity contribution in [1.82, 2.24) is 14.3 Å². The highest BCUT2D eigenvalue weighted by Crippen LogP contribution is 2.18. The summed E-state index contributed by atoms with van der Waals surface area (Å²) in [6.07, 6.45) is 3.67. The van der Waals surface area contributed by atoms with Crippen molar-refractivity contribution in [2.24, 2.45) is 0 Å². The maximum Gasteiger partial charge on any atom is 0.346 e. The SMILES string of the molecule is CCN(C(=O)Cn1nc2n(c1=O)CCCCC2)c1ccc(F)c(F)c1. The lowest BCUT2D eigenvalue weighted by molar-refractivity contribution is -0.119. The molecule has 6 nitrogen and oxygen atoms in total. The van der Waals surface area contributed by atoms with E-state index in [1.54, 1.807) is 11.5 Å². The van der Waals surface area contributed by atoms with Gasteiger partial charge < -0.3 is 4.90 Å². The molecule has 1 aliphatic rings. The van der Waals surface area contributed by atoms with Gasteiger partial charge in [0.05, 0.1) is 0 Å². The van der Waals surface area contributed by atoms with Gasteiger partial charge in [-0.05, 0) is 31.9 Å². The van der Waals surface area contributed by atoms with Crippen molar-refractivity contribution in [3.8, 4) is 0 Å². The number of amides is 1. The van der Waals surface area contributed by atoms with Crippen LogP contribution in [0.1, 0.15) is 32.0 Å². The van der Waals surface area contributed by atoms with Crippen molar-refractivity contribution in [2.45, 2.75) is 45.7 Å². The number of nitrogens with zero attached hydrogens (tertiary/aromatic N) is 4. The topological polar surface area (TPSA) is 60.1 Å². The number of carbonyl (C=O) groups is 1. The zero-order chi connectivity index (χ0) is 18.0. The molecule has 0 saturated carbocycles. The Kier molecular flexibility index (Phi) is 4.96. The number of hydrogen-bond donors (Lipinski definition) is 0. The maximum atomic E-state index is 13.4. The first kappa shape index (κ1) is 17.3. The standard InChI is InChI=1S/C17H20F2N4O2/c1-2-21(12-7-8-13(18)14(19)10-12)16(24)11-23-17(25)22-9-5-3-4-6-15(22)20-23/h7-8,10H,2-6,9,11H2,1H3. The fraction of sp³-hybridized carbons (Fsp3) is 0.471. The maximum absolute atomic E-state index is 13.4. The molecular formula is C17H20F2N4O2. The fourth-order valence-electron chi connectivity index (χ4n) is 3.10. The van der Waals surface area contributed by atoms with Crippen LogP contribution in [-0.2, 0) is 24.3 Å². The minimum atomic E-state index is -1.02. The monoisotopic (exact) mass is 350 g/mol. The van der Waals surface area contributed by atoms with Crippen molar-refractivity contribution < 1.29 is 13.6 Å². The lowest BCUT2D eigenvalue weighted by Crippen LogP contribution is -2.37. The van der Waals surface area contributed by atoms with Crippen LogP contribution >= 0.6 is 0 Å². The van der Waals surface area contributed by atoms with E-state index in [0.717, 1.165) is 42.5 Å². The van der Waals surface area contributed by atoms with Crippen molar-refractivity contribution in [3.63, 3.8) is 0 Å². The van der Waals surface area contributed by atoms with Gasteiger partial charge in [-0.2, -0.15) is 5.10 Å². The summed E-state index contributed by atoms with van der Waals surface area (Å²) in [5, 5.41) is 4.28. The minimum Gasteiger partial charge on any atom is -0.311 e. The molecule has 0 radical (unpaired) electrons. The van der Waals surface area contributed by atoms with Crippen molar-refractivity contribution in [3.05, 3.63) is 46.1 Å². The lowest BCUT2D eigenvalue weighted by Gasteiger charge is -2.21. The largest absolute Gasteiger partial charge is 0.346 e. The van der Waals surface area contributed by atoms with Crippen LogP contribution in [0.5, 0.6) is 0 Å². The highest BCUT2D eigenvalue weighted by atomic mass is 19.2. The van der Waals surface area contributed by atoms with Crippen LogP contribution in [0, 0.1) is 11.6 Å². The zero-order valence-corrected chi connectivity index (χ0v) is 14.0. The molecule has 8 heteroatoms.